The number of aliphatic carboxylic acids is 1. The number of carboxylic acid groups (broad SMARTS) is 1. The van der Waals surface area contributed by atoms with E-state index in [0.717, 1.165) is 43.6 Å². The maximum absolute atomic E-state index is 11.4. The van der Waals surface area contributed by atoms with E-state index in [1.54, 1.807) is 6.92 Å². The Hall–Kier alpha value is -1.68. The summed E-state index contributed by atoms with van der Waals surface area (Å²) in [5.74, 6) is -0.302. The molecule has 0 saturated carbocycles. The van der Waals surface area contributed by atoms with Gasteiger partial charge in [-0.3, -0.25) is 14.5 Å². The van der Waals surface area contributed by atoms with Crippen molar-refractivity contribution in [2.75, 3.05) is 13.1 Å². The first-order valence-electron chi connectivity index (χ1n) is 7.07. The zero-order chi connectivity index (χ0) is 14.5. The summed E-state index contributed by atoms with van der Waals surface area (Å²) >= 11 is 0. The van der Waals surface area contributed by atoms with Gasteiger partial charge in [-0.15, -0.1) is 0 Å². The summed E-state index contributed by atoms with van der Waals surface area (Å²) in [6.07, 6.45) is 1.90. The second-order valence-electron chi connectivity index (χ2n) is 5.50. The number of rotatable bonds is 5. The molecule has 1 aromatic rings. The molecule has 0 amide bonds. The SMILES string of the molecule is CC(=O)C1CCN(Cc2ccccc2CC(=O)O)CC1. The highest BCUT2D eigenvalue weighted by molar-refractivity contribution is 5.78. The minimum absolute atomic E-state index is 0.0695. The molecule has 1 saturated heterocycles. The van der Waals surface area contributed by atoms with E-state index >= 15 is 0 Å². The van der Waals surface area contributed by atoms with Crippen LogP contribution in [-0.4, -0.2) is 34.8 Å². The van der Waals surface area contributed by atoms with Crippen molar-refractivity contribution in [1.82, 2.24) is 4.90 Å². The second kappa shape index (κ2) is 6.66. The van der Waals surface area contributed by atoms with E-state index in [9.17, 15) is 9.59 Å². The number of hydrogen-bond donors (Lipinski definition) is 1. The summed E-state index contributed by atoms with van der Waals surface area (Å²) in [5, 5.41) is 8.94. The minimum atomic E-state index is -0.798. The smallest absolute Gasteiger partial charge is 0.307 e. The van der Waals surface area contributed by atoms with Gasteiger partial charge in [0.05, 0.1) is 6.42 Å². The van der Waals surface area contributed by atoms with Crippen molar-refractivity contribution in [1.29, 1.82) is 0 Å². The van der Waals surface area contributed by atoms with Crippen LogP contribution in [0.15, 0.2) is 24.3 Å². The molecular formula is C16H21NO3. The molecule has 20 heavy (non-hydrogen) atoms. The number of piperidine rings is 1. The lowest BCUT2D eigenvalue weighted by atomic mass is 9.93. The van der Waals surface area contributed by atoms with Crippen LogP contribution in [0.2, 0.25) is 0 Å². The first kappa shape index (κ1) is 14.7. The number of carbonyl (C=O) groups is 2. The monoisotopic (exact) mass is 275 g/mol. The van der Waals surface area contributed by atoms with Gasteiger partial charge < -0.3 is 5.11 Å². The normalized spacial score (nSPS) is 17.1. The predicted molar refractivity (Wildman–Crippen MR) is 76.5 cm³/mol. The summed E-state index contributed by atoms with van der Waals surface area (Å²) < 4.78 is 0. The number of carbonyl (C=O) groups excluding carboxylic acids is 1. The molecule has 1 aromatic carbocycles. The highest BCUT2D eigenvalue weighted by atomic mass is 16.4. The van der Waals surface area contributed by atoms with Crippen molar-refractivity contribution < 1.29 is 14.7 Å². The van der Waals surface area contributed by atoms with Crippen LogP contribution in [0.25, 0.3) is 0 Å². The van der Waals surface area contributed by atoms with E-state index in [0.29, 0.717) is 0 Å². The van der Waals surface area contributed by atoms with E-state index in [1.807, 2.05) is 24.3 Å². The summed E-state index contributed by atoms with van der Waals surface area (Å²) in [6, 6.07) is 7.70. The molecule has 0 radical (unpaired) electrons. The third kappa shape index (κ3) is 3.90. The predicted octanol–water partition coefficient (Wildman–Crippen LogP) is 2.11. The van der Waals surface area contributed by atoms with Crippen LogP contribution >= 0.6 is 0 Å². The Balaban J connectivity index is 1.97. The van der Waals surface area contributed by atoms with Crippen molar-refractivity contribution in [3.8, 4) is 0 Å². The zero-order valence-corrected chi connectivity index (χ0v) is 11.8. The first-order valence-corrected chi connectivity index (χ1v) is 7.07. The molecule has 0 unspecified atom stereocenters. The van der Waals surface area contributed by atoms with Gasteiger partial charge in [0.2, 0.25) is 0 Å². The largest absolute Gasteiger partial charge is 0.481 e. The minimum Gasteiger partial charge on any atom is -0.481 e. The van der Waals surface area contributed by atoms with Gasteiger partial charge in [-0.2, -0.15) is 0 Å². The quantitative estimate of drug-likeness (QED) is 0.894. The zero-order valence-electron chi connectivity index (χ0n) is 11.8. The Kier molecular flexibility index (Phi) is 4.90. The highest BCUT2D eigenvalue weighted by Gasteiger charge is 2.22. The average Bonchev–Trinajstić information content (AvgIpc) is 2.41. The Bertz CT molecular complexity index is 490. The molecule has 2 rings (SSSR count). The van der Waals surface area contributed by atoms with Gasteiger partial charge in [0.15, 0.2) is 0 Å². The number of carboxylic acids is 1. The van der Waals surface area contributed by atoms with E-state index in [4.69, 9.17) is 5.11 Å². The van der Waals surface area contributed by atoms with E-state index in [1.165, 1.54) is 0 Å². The molecule has 0 atom stereocenters. The second-order valence-corrected chi connectivity index (χ2v) is 5.50. The molecule has 1 aliphatic rings. The summed E-state index contributed by atoms with van der Waals surface area (Å²) in [4.78, 5) is 24.5. The number of benzene rings is 1. The molecule has 1 N–H and O–H groups in total. The van der Waals surface area contributed by atoms with Gasteiger partial charge in [0.1, 0.15) is 5.78 Å². The average molecular weight is 275 g/mol. The van der Waals surface area contributed by atoms with Crippen molar-refractivity contribution in [3.63, 3.8) is 0 Å². The van der Waals surface area contributed by atoms with Gasteiger partial charge in [-0.1, -0.05) is 24.3 Å². The van der Waals surface area contributed by atoms with Crippen LogP contribution in [-0.2, 0) is 22.6 Å². The van der Waals surface area contributed by atoms with Gasteiger partial charge in [0.25, 0.3) is 0 Å². The molecule has 1 aliphatic heterocycles. The molecule has 1 fully saturated rings. The highest BCUT2D eigenvalue weighted by Crippen LogP contribution is 2.21. The fourth-order valence-electron chi connectivity index (χ4n) is 2.79. The third-order valence-corrected chi connectivity index (χ3v) is 4.02. The van der Waals surface area contributed by atoms with E-state index < -0.39 is 5.97 Å². The number of hydrogen-bond acceptors (Lipinski definition) is 3. The number of ketones is 1. The van der Waals surface area contributed by atoms with Crippen LogP contribution in [0.5, 0.6) is 0 Å². The molecule has 0 aromatic heterocycles. The summed E-state index contributed by atoms with van der Waals surface area (Å²) in [7, 11) is 0. The summed E-state index contributed by atoms with van der Waals surface area (Å²) in [5.41, 5.74) is 1.96. The van der Waals surface area contributed by atoms with Crippen molar-refractivity contribution in [2.45, 2.75) is 32.7 Å². The Morgan fingerprint density at radius 3 is 2.35 bits per heavy atom. The molecule has 0 spiro atoms. The lowest BCUT2D eigenvalue weighted by molar-refractivity contribution is -0.136. The number of Topliss-reactive ketones (excluding diaryl/α,β-unsaturated/α-hetero) is 1. The Morgan fingerprint density at radius 1 is 1.20 bits per heavy atom. The summed E-state index contributed by atoms with van der Waals surface area (Å²) in [6.45, 7) is 4.26. The molecular weight excluding hydrogens is 254 g/mol. The number of likely N-dealkylation sites (tertiary alicyclic amines) is 1. The third-order valence-electron chi connectivity index (χ3n) is 4.02. The van der Waals surface area contributed by atoms with Crippen LogP contribution in [0, 0.1) is 5.92 Å². The molecule has 0 aliphatic carbocycles. The van der Waals surface area contributed by atoms with Crippen molar-refractivity contribution >= 4 is 11.8 Å². The lowest BCUT2D eigenvalue weighted by Gasteiger charge is -2.31. The molecule has 4 nitrogen and oxygen atoms in total. The van der Waals surface area contributed by atoms with E-state index in [-0.39, 0.29) is 18.1 Å². The first-order chi connectivity index (χ1) is 9.56. The van der Waals surface area contributed by atoms with Gasteiger partial charge in [-0.05, 0) is 44.0 Å². The van der Waals surface area contributed by atoms with Crippen molar-refractivity contribution in [3.05, 3.63) is 35.4 Å². The van der Waals surface area contributed by atoms with Gasteiger partial charge >= 0.3 is 5.97 Å². The molecule has 1 heterocycles. The van der Waals surface area contributed by atoms with Crippen LogP contribution in [0.4, 0.5) is 0 Å². The fraction of sp³-hybridized carbons (Fsp3) is 0.500. The fourth-order valence-corrected chi connectivity index (χ4v) is 2.79. The lowest BCUT2D eigenvalue weighted by Crippen LogP contribution is -2.35. The van der Waals surface area contributed by atoms with Crippen LogP contribution in [0.3, 0.4) is 0 Å². The van der Waals surface area contributed by atoms with Crippen molar-refractivity contribution in [2.24, 2.45) is 5.92 Å². The van der Waals surface area contributed by atoms with Crippen LogP contribution in [0.1, 0.15) is 30.9 Å². The van der Waals surface area contributed by atoms with Gasteiger partial charge in [-0.25, -0.2) is 0 Å². The van der Waals surface area contributed by atoms with Crippen LogP contribution < -0.4 is 0 Å². The maximum atomic E-state index is 11.4. The molecule has 0 bridgehead atoms. The topological polar surface area (TPSA) is 57.6 Å². The van der Waals surface area contributed by atoms with E-state index in [2.05, 4.69) is 4.90 Å². The standard InChI is InChI=1S/C16H21NO3/c1-12(18)13-6-8-17(9-7-13)11-15-5-3-2-4-14(15)10-16(19)20/h2-5,13H,6-11H2,1H3,(H,19,20). The Morgan fingerprint density at radius 2 is 1.80 bits per heavy atom. The van der Waals surface area contributed by atoms with Gasteiger partial charge in [0, 0.05) is 12.5 Å². The maximum Gasteiger partial charge on any atom is 0.307 e. The molecule has 108 valence electrons. The Labute approximate surface area is 119 Å². The molecule has 4 heteroatoms. The number of nitrogens with zero attached hydrogens (tertiary/aromatic N) is 1.